The van der Waals surface area contributed by atoms with E-state index in [1.165, 1.54) is 21.9 Å². The van der Waals surface area contributed by atoms with Crippen LogP contribution in [-0.4, -0.2) is 11.1 Å². The van der Waals surface area contributed by atoms with Crippen LogP contribution < -0.4 is 5.32 Å². The zero-order chi connectivity index (χ0) is 23.7. The summed E-state index contributed by atoms with van der Waals surface area (Å²) in [4.78, 5) is 11.7. The minimum Gasteiger partial charge on any atom is -0.478 e. The van der Waals surface area contributed by atoms with Crippen LogP contribution in [0.4, 0.5) is 0 Å². The zero-order valence-electron chi connectivity index (χ0n) is 19.4. The van der Waals surface area contributed by atoms with E-state index >= 15 is 0 Å². The molecule has 0 spiro atoms. The Labute approximate surface area is 199 Å². The van der Waals surface area contributed by atoms with Crippen molar-refractivity contribution in [3.63, 3.8) is 0 Å². The Hall–Kier alpha value is -3.95. The maximum Gasteiger partial charge on any atom is 0.335 e. The molecule has 2 N–H and O–H groups in total. The number of benzene rings is 5. The van der Waals surface area contributed by atoms with Crippen molar-refractivity contribution >= 4 is 27.5 Å². The van der Waals surface area contributed by atoms with E-state index in [9.17, 15) is 9.90 Å². The molecule has 168 valence electrons. The summed E-state index contributed by atoms with van der Waals surface area (Å²) >= 11 is 0. The minimum absolute atomic E-state index is 0.180. The second-order valence-electron chi connectivity index (χ2n) is 8.87. The summed E-state index contributed by atoms with van der Waals surface area (Å²) < 4.78 is 0. The zero-order valence-corrected chi connectivity index (χ0v) is 19.4. The van der Waals surface area contributed by atoms with E-state index in [0.29, 0.717) is 12.1 Å². The molecular weight excluding hydrogens is 418 g/mol. The molecule has 0 saturated carbocycles. The van der Waals surface area contributed by atoms with Gasteiger partial charge in [-0.25, -0.2) is 4.79 Å². The molecule has 0 heterocycles. The number of rotatable bonds is 6. The molecule has 0 radical (unpaired) electrons. The molecule has 0 aromatic heterocycles. The molecule has 0 amide bonds. The van der Waals surface area contributed by atoms with Crippen LogP contribution in [0, 0.1) is 6.92 Å². The van der Waals surface area contributed by atoms with E-state index in [1.54, 1.807) is 6.07 Å². The van der Waals surface area contributed by atoms with Crippen LogP contribution in [0.25, 0.3) is 32.7 Å². The third-order valence-electron chi connectivity index (χ3n) is 6.60. The summed E-state index contributed by atoms with van der Waals surface area (Å²) in [5, 5.41) is 18.1. The molecular formula is C31H27NO2. The van der Waals surface area contributed by atoms with E-state index in [4.69, 9.17) is 0 Å². The third-order valence-corrected chi connectivity index (χ3v) is 6.60. The van der Waals surface area contributed by atoms with E-state index in [0.717, 1.165) is 27.5 Å². The number of carboxylic acids is 1. The fourth-order valence-electron chi connectivity index (χ4n) is 4.74. The van der Waals surface area contributed by atoms with Crippen molar-refractivity contribution in [1.82, 2.24) is 5.32 Å². The Bertz CT molecular complexity index is 1510. The van der Waals surface area contributed by atoms with Crippen molar-refractivity contribution in [2.45, 2.75) is 26.4 Å². The molecule has 0 bridgehead atoms. The number of nitrogens with one attached hydrogen (secondary N) is 1. The number of aryl methyl sites for hydroxylation is 1. The summed E-state index contributed by atoms with van der Waals surface area (Å²) in [5.74, 6) is -0.898. The van der Waals surface area contributed by atoms with Crippen LogP contribution in [0.5, 0.6) is 0 Å². The maximum absolute atomic E-state index is 11.7. The largest absolute Gasteiger partial charge is 0.478 e. The van der Waals surface area contributed by atoms with Gasteiger partial charge in [0.15, 0.2) is 0 Å². The summed E-state index contributed by atoms with van der Waals surface area (Å²) in [6.07, 6.45) is 0. The van der Waals surface area contributed by atoms with E-state index < -0.39 is 5.97 Å². The first kappa shape index (κ1) is 21.9. The smallest absolute Gasteiger partial charge is 0.335 e. The molecule has 0 saturated heterocycles. The highest BCUT2D eigenvalue weighted by atomic mass is 16.4. The predicted octanol–water partition coefficient (Wildman–Crippen LogP) is 7.52. The quantitative estimate of drug-likeness (QED) is 0.284. The average molecular weight is 446 g/mol. The third kappa shape index (κ3) is 4.18. The summed E-state index contributed by atoms with van der Waals surface area (Å²) in [6, 6.07) is 33.5. The number of carboxylic acid groups (broad SMARTS) is 1. The standard InChI is InChI=1S/C31H27NO2/c1-20-14-15-25(18-29(20)31(33)34)30-17-22(16-24-9-4-6-12-28(24)30)19-32-21(2)26-13-7-10-23-8-3-5-11-27(23)26/h3-18,21,32H,19H2,1-2H3,(H,33,34)/t21-/m1/s1. The van der Waals surface area contributed by atoms with Crippen molar-refractivity contribution in [2.75, 3.05) is 0 Å². The normalized spacial score (nSPS) is 12.2. The highest BCUT2D eigenvalue weighted by molar-refractivity contribution is 5.99. The molecule has 34 heavy (non-hydrogen) atoms. The van der Waals surface area contributed by atoms with Crippen LogP contribution in [-0.2, 0) is 6.54 Å². The van der Waals surface area contributed by atoms with Gasteiger partial charge in [0.05, 0.1) is 5.56 Å². The highest BCUT2D eigenvalue weighted by Gasteiger charge is 2.13. The molecule has 5 rings (SSSR count). The lowest BCUT2D eigenvalue weighted by Crippen LogP contribution is -2.18. The Kier molecular flexibility index (Phi) is 5.87. The van der Waals surface area contributed by atoms with Crippen molar-refractivity contribution in [2.24, 2.45) is 0 Å². The Morgan fingerprint density at radius 2 is 1.53 bits per heavy atom. The van der Waals surface area contributed by atoms with Crippen molar-refractivity contribution in [3.05, 3.63) is 119 Å². The second kappa shape index (κ2) is 9.12. The lowest BCUT2D eigenvalue weighted by molar-refractivity contribution is 0.0696. The fraction of sp³-hybridized carbons (Fsp3) is 0.129. The summed E-state index contributed by atoms with van der Waals surface area (Å²) in [6.45, 7) is 4.74. The average Bonchev–Trinajstić information content (AvgIpc) is 2.86. The van der Waals surface area contributed by atoms with Gasteiger partial charge in [-0.05, 0) is 81.4 Å². The molecule has 3 heteroatoms. The lowest BCUT2D eigenvalue weighted by Gasteiger charge is -2.18. The number of aromatic carboxylic acids is 1. The van der Waals surface area contributed by atoms with Gasteiger partial charge in [0.1, 0.15) is 0 Å². The fourth-order valence-corrected chi connectivity index (χ4v) is 4.74. The number of hydrogen-bond donors (Lipinski definition) is 2. The molecule has 1 atom stereocenters. The van der Waals surface area contributed by atoms with Crippen LogP contribution in [0.3, 0.4) is 0 Å². The van der Waals surface area contributed by atoms with Gasteiger partial charge in [-0.2, -0.15) is 0 Å². The molecule has 3 nitrogen and oxygen atoms in total. The molecule has 0 unspecified atom stereocenters. The summed E-state index contributed by atoms with van der Waals surface area (Å²) in [7, 11) is 0. The van der Waals surface area contributed by atoms with Gasteiger partial charge in [-0.15, -0.1) is 0 Å². The van der Waals surface area contributed by atoms with Gasteiger partial charge in [-0.1, -0.05) is 78.9 Å². The molecule has 0 aliphatic heterocycles. The Balaban J connectivity index is 1.50. The van der Waals surface area contributed by atoms with E-state index in [2.05, 4.69) is 79.0 Å². The molecule has 5 aromatic carbocycles. The second-order valence-corrected chi connectivity index (χ2v) is 8.87. The minimum atomic E-state index is -0.898. The van der Waals surface area contributed by atoms with Gasteiger partial charge in [0, 0.05) is 12.6 Å². The predicted molar refractivity (Wildman–Crippen MR) is 140 cm³/mol. The van der Waals surface area contributed by atoms with Crippen LogP contribution in [0.15, 0.2) is 97.1 Å². The van der Waals surface area contributed by atoms with Crippen LogP contribution in [0.2, 0.25) is 0 Å². The van der Waals surface area contributed by atoms with Gasteiger partial charge in [-0.3, -0.25) is 0 Å². The first-order valence-electron chi connectivity index (χ1n) is 11.6. The molecule has 0 aliphatic rings. The lowest BCUT2D eigenvalue weighted by atomic mass is 9.93. The van der Waals surface area contributed by atoms with Gasteiger partial charge >= 0.3 is 5.97 Å². The number of carbonyl (C=O) groups is 1. The van der Waals surface area contributed by atoms with E-state index in [-0.39, 0.29) is 6.04 Å². The SMILES string of the molecule is Cc1ccc(-c2cc(CN[C@H](C)c3cccc4ccccc34)cc3ccccc23)cc1C(=O)O. The molecule has 0 aliphatic carbocycles. The van der Waals surface area contributed by atoms with Gasteiger partial charge in [0.2, 0.25) is 0 Å². The molecule has 5 aromatic rings. The Morgan fingerprint density at radius 1 is 0.824 bits per heavy atom. The van der Waals surface area contributed by atoms with Crippen molar-refractivity contribution in [1.29, 1.82) is 0 Å². The van der Waals surface area contributed by atoms with Gasteiger partial charge in [0.25, 0.3) is 0 Å². The van der Waals surface area contributed by atoms with Crippen LogP contribution >= 0.6 is 0 Å². The highest BCUT2D eigenvalue weighted by Crippen LogP contribution is 2.32. The topological polar surface area (TPSA) is 49.3 Å². The van der Waals surface area contributed by atoms with Crippen LogP contribution in [0.1, 0.15) is 40.0 Å². The number of fused-ring (bicyclic) bond motifs is 2. The van der Waals surface area contributed by atoms with Gasteiger partial charge < -0.3 is 10.4 Å². The first-order chi connectivity index (χ1) is 16.5. The molecule has 0 fully saturated rings. The Morgan fingerprint density at radius 3 is 2.32 bits per heavy atom. The maximum atomic E-state index is 11.7. The summed E-state index contributed by atoms with van der Waals surface area (Å²) in [5.41, 5.74) is 5.53. The monoisotopic (exact) mass is 445 g/mol. The van der Waals surface area contributed by atoms with Crippen molar-refractivity contribution < 1.29 is 9.90 Å². The van der Waals surface area contributed by atoms with E-state index in [1.807, 2.05) is 31.2 Å². The number of hydrogen-bond acceptors (Lipinski definition) is 2. The van der Waals surface area contributed by atoms with Crippen molar-refractivity contribution in [3.8, 4) is 11.1 Å². The first-order valence-corrected chi connectivity index (χ1v) is 11.6.